The molecule has 0 radical (unpaired) electrons. The van der Waals surface area contributed by atoms with Crippen LogP contribution in [0.3, 0.4) is 0 Å². The van der Waals surface area contributed by atoms with Crippen LogP contribution in [-0.2, 0) is 19.4 Å². The summed E-state index contributed by atoms with van der Waals surface area (Å²) in [6.45, 7) is 3.45. The lowest BCUT2D eigenvalue weighted by molar-refractivity contribution is 0.333. The van der Waals surface area contributed by atoms with E-state index in [2.05, 4.69) is 53.3 Å². The molecule has 2 heterocycles. The van der Waals surface area contributed by atoms with E-state index in [1.54, 1.807) is 0 Å². The Bertz CT molecular complexity index is 1010. The highest BCUT2D eigenvalue weighted by Crippen LogP contribution is 2.39. The lowest BCUT2D eigenvalue weighted by Crippen LogP contribution is -2.22. The number of hydrogen-bond donors (Lipinski definition) is 1. The molecule has 0 amide bonds. The van der Waals surface area contributed by atoms with Crippen molar-refractivity contribution in [3.8, 4) is 11.4 Å². The van der Waals surface area contributed by atoms with Gasteiger partial charge in [-0.05, 0) is 73.7 Å². The molecule has 1 aliphatic carbocycles. The first-order chi connectivity index (χ1) is 13.3. The van der Waals surface area contributed by atoms with E-state index in [0.29, 0.717) is 6.61 Å². The number of fused-ring (bicyclic) bond motifs is 4. The molecular weight excluding hydrogens is 356 g/mol. The molecule has 1 unspecified atom stereocenters. The van der Waals surface area contributed by atoms with Gasteiger partial charge in [0, 0.05) is 34.6 Å². The minimum absolute atomic E-state index is 0.0657. The molecule has 2 aliphatic rings. The van der Waals surface area contributed by atoms with Crippen molar-refractivity contribution < 1.29 is 4.74 Å². The van der Waals surface area contributed by atoms with Gasteiger partial charge in [0.15, 0.2) is 0 Å². The Hall–Kier alpha value is -2.23. The lowest BCUT2D eigenvalue weighted by Gasteiger charge is -2.22. The average Bonchev–Trinajstić information content (AvgIpc) is 3.29. The summed E-state index contributed by atoms with van der Waals surface area (Å²) in [4.78, 5) is 0. The van der Waals surface area contributed by atoms with Crippen LogP contribution in [0.25, 0.3) is 5.69 Å². The molecule has 1 atom stereocenters. The third kappa shape index (κ3) is 2.77. The number of aryl methyl sites for hydroxylation is 2. The third-order valence-corrected chi connectivity index (χ3v) is 6.10. The Morgan fingerprint density at radius 1 is 1.15 bits per heavy atom. The van der Waals surface area contributed by atoms with Gasteiger partial charge >= 0.3 is 0 Å². The van der Waals surface area contributed by atoms with E-state index in [-0.39, 0.29) is 6.04 Å². The summed E-state index contributed by atoms with van der Waals surface area (Å²) in [7, 11) is 0. The fourth-order valence-electron chi connectivity index (χ4n) is 4.50. The minimum atomic E-state index is 0.0657. The topological polar surface area (TPSA) is 26.2 Å². The van der Waals surface area contributed by atoms with Gasteiger partial charge in [-0.25, -0.2) is 0 Å². The second-order valence-electron chi connectivity index (χ2n) is 7.30. The molecule has 0 spiro atoms. The van der Waals surface area contributed by atoms with Gasteiger partial charge in [0.1, 0.15) is 5.75 Å². The maximum Gasteiger partial charge on any atom is 0.124 e. The first-order valence-electron chi connectivity index (χ1n) is 9.73. The highest BCUT2D eigenvalue weighted by atomic mass is 35.5. The summed E-state index contributed by atoms with van der Waals surface area (Å²) >= 11 is 6.52. The van der Waals surface area contributed by atoms with Gasteiger partial charge in [-0.3, -0.25) is 0 Å². The van der Waals surface area contributed by atoms with E-state index in [1.165, 1.54) is 28.8 Å². The zero-order valence-corrected chi connectivity index (χ0v) is 16.2. The molecule has 0 saturated carbocycles. The summed E-state index contributed by atoms with van der Waals surface area (Å²) in [6, 6.07) is 15.1. The fraction of sp³-hybridized carbons (Fsp3) is 0.304. The van der Waals surface area contributed by atoms with E-state index >= 15 is 0 Å². The van der Waals surface area contributed by atoms with Crippen molar-refractivity contribution in [2.75, 3.05) is 6.61 Å². The van der Waals surface area contributed by atoms with Gasteiger partial charge in [-0.2, -0.15) is 0 Å². The molecule has 4 heteroatoms. The lowest BCUT2D eigenvalue weighted by atomic mass is 9.97. The van der Waals surface area contributed by atoms with E-state index in [1.807, 2.05) is 12.1 Å². The van der Waals surface area contributed by atoms with Gasteiger partial charge in [0.2, 0.25) is 0 Å². The Morgan fingerprint density at radius 3 is 2.85 bits per heavy atom. The standard InChI is InChI=1S/C23H23ClN2O/c1-2-27-22-13-16-7-3-6-15(16)12-17(22)23-21-10-5-11-26(21)20-9-4-8-19(24)18(20)14-25-23/h4-5,8-13,23,25H,2-3,6-7,14H2,1H3. The zero-order valence-electron chi connectivity index (χ0n) is 15.5. The number of hydrogen-bond acceptors (Lipinski definition) is 2. The minimum Gasteiger partial charge on any atom is -0.494 e. The Balaban J connectivity index is 1.67. The highest BCUT2D eigenvalue weighted by Gasteiger charge is 2.28. The maximum absolute atomic E-state index is 6.52. The summed E-state index contributed by atoms with van der Waals surface area (Å²) in [6.07, 6.45) is 5.68. The normalized spacial score (nSPS) is 17.8. The highest BCUT2D eigenvalue weighted by molar-refractivity contribution is 6.31. The molecule has 0 fully saturated rings. The molecule has 2 aromatic carbocycles. The van der Waals surface area contributed by atoms with Crippen LogP contribution in [-0.4, -0.2) is 11.2 Å². The number of nitrogens with zero attached hydrogens (tertiary/aromatic N) is 1. The largest absolute Gasteiger partial charge is 0.494 e. The second kappa shape index (κ2) is 6.74. The molecular formula is C23H23ClN2O. The van der Waals surface area contributed by atoms with Crippen molar-refractivity contribution in [1.82, 2.24) is 9.88 Å². The van der Waals surface area contributed by atoms with E-state index < -0.39 is 0 Å². The first kappa shape index (κ1) is 16.9. The summed E-state index contributed by atoms with van der Waals surface area (Å²) in [5.41, 5.74) is 7.64. The van der Waals surface area contributed by atoms with Gasteiger partial charge in [-0.15, -0.1) is 0 Å². The quantitative estimate of drug-likeness (QED) is 0.677. The predicted molar refractivity (Wildman–Crippen MR) is 109 cm³/mol. The van der Waals surface area contributed by atoms with Crippen LogP contribution in [0.2, 0.25) is 5.02 Å². The van der Waals surface area contributed by atoms with Crippen molar-refractivity contribution in [2.24, 2.45) is 0 Å². The average molecular weight is 379 g/mol. The van der Waals surface area contributed by atoms with Crippen molar-refractivity contribution in [3.05, 3.63) is 81.6 Å². The van der Waals surface area contributed by atoms with Crippen LogP contribution in [0.5, 0.6) is 5.75 Å². The van der Waals surface area contributed by atoms with E-state index in [0.717, 1.165) is 41.4 Å². The van der Waals surface area contributed by atoms with Crippen LogP contribution < -0.4 is 10.1 Å². The number of halogens is 1. The molecule has 0 bridgehead atoms. The predicted octanol–water partition coefficient (Wildman–Crippen LogP) is 5.21. The third-order valence-electron chi connectivity index (χ3n) is 5.75. The van der Waals surface area contributed by atoms with Crippen LogP contribution in [0.1, 0.15) is 47.3 Å². The Morgan fingerprint density at radius 2 is 2.00 bits per heavy atom. The van der Waals surface area contributed by atoms with Crippen LogP contribution in [0.4, 0.5) is 0 Å². The summed E-state index contributed by atoms with van der Waals surface area (Å²) in [5, 5.41) is 4.55. The fourth-order valence-corrected chi connectivity index (χ4v) is 4.74. The Kier molecular flexibility index (Phi) is 4.22. The van der Waals surface area contributed by atoms with Crippen molar-refractivity contribution in [2.45, 2.75) is 38.8 Å². The number of benzene rings is 2. The molecule has 3 aromatic rings. The Labute approximate surface area is 164 Å². The van der Waals surface area contributed by atoms with Crippen LogP contribution in [0, 0.1) is 0 Å². The zero-order chi connectivity index (χ0) is 18.4. The molecule has 1 aromatic heterocycles. The number of rotatable bonds is 3. The summed E-state index contributed by atoms with van der Waals surface area (Å²) < 4.78 is 8.33. The molecule has 1 N–H and O–H groups in total. The van der Waals surface area contributed by atoms with Gasteiger partial charge in [0.25, 0.3) is 0 Å². The number of ether oxygens (including phenoxy) is 1. The molecule has 27 heavy (non-hydrogen) atoms. The molecule has 1 aliphatic heterocycles. The van der Waals surface area contributed by atoms with Crippen molar-refractivity contribution >= 4 is 11.6 Å². The first-order valence-corrected chi connectivity index (χ1v) is 10.1. The van der Waals surface area contributed by atoms with Crippen molar-refractivity contribution in [1.29, 1.82) is 0 Å². The van der Waals surface area contributed by atoms with E-state index in [9.17, 15) is 0 Å². The monoisotopic (exact) mass is 378 g/mol. The molecule has 0 saturated heterocycles. The second-order valence-corrected chi connectivity index (χ2v) is 7.71. The van der Waals surface area contributed by atoms with Gasteiger partial charge in [-0.1, -0.05) is 17.7 Å². The SMILES string of the molecule is CCOc1cc2c(cc1C1NCc3c(Cl)cccc3-n3cccc31)CCC2. The molecule has 138 valence electrons. The molecule has 3 nitrogen and oxygen atoms in total. The maximum atomic E-state index is 6.52. The van der Waals surface area contributed by atoms with Gasteiger partial charge < -0.3 is 14.6 Å². The smallest absolute Gasteiger partial charge is 0.124 e. The van der Waals surface area contributed by atoms with Crippen LogP contribution >= 0.6 is 11.6 Å². The summed E-state index contributed by atoms with van der Waals surface area (Å²) in [5.74, 6) is 1.00. The van der Waals surface area contributed by atoms with Crippen LogP contribution in [0.15, 0.2) is 48.7 Å². The van der Waals surface area contributed by atoms with Gasteiger partial charge in [0.05, 0.1) is 18.3 Å². The van der Waals surface area contributed by atoms with Crippen molar-refractivity contribution in [3.63, 3.8) is 0 Å². The molecule has 5 rings (SSSR count). The number of nitrogens with one attached hydrogen (secondary N) is 1. The van der Waals surface area contributed by atoms with E-state index in [4.69, 9.17) is 16.3 Å². The number of aromatic nitrogens is 1.